The molecule has 5 rings (SSSR count). The average molecular weight is 431 g/mol. The summed E-state index contributed by atoms with van der Waals surface area (Å²) in [6.07, 6.45) is 1.52. The van der Waals surface area contributed by atoms with Crippen LogP contribution in [0.15, 0.2) is 66.7 Å². The predicted molar refractivity (Wildman–Crippen MR) is 122 cm³/mol. The van der Waals surface area contributed by atoms with Crippen molar-refractivity contribution in [3.05, 3.63) is 77.3 Å². The second-order valence-electron chi connectivity index (χ2n) is 7.80. The molecule has 1 saturated heterocycles. The Morgan fingerprint density at radius 2 is 1.84 bits per heavy atom. The zero-order valence-corrected chi connectivity index (χ0v) is 17.8. The van der Waals surface area contributed by atoms with Crippen molar-refractivity contribution in [1.82, 2.24) is 9.88 Å². The molecule has 0 N–H and O–H groups in total. The van der Waals surface area contributed by atoms with Gasteiger partial charge in [0.1, 0.15) is 11.6 Å². The fourth-order valence-electron chi connectivity index (χ4n) is 4.17. The third-order valence-corrected chi connectivity index (χ3v) is 6.75. The summed E-state index contributed by atoms with van der Waals surface area (Å²) in [7, 11) is 0. The lowest BCUT2D eigenvalue weighted by atomic mass is 9.96. The van der Waals surface area contributed by atoms with Gasteiger partial charge in [0.15, 0.2) is 0 Å². The van der Waals surface area contributed by atoms with Gasteiger partial charge in [0, 0.05) is 18.7 Å². The highest BCUT2D eigenvalue weighted by Crippen LogP contribution is 2.25. The van der Waals surface area contributed by atoms with Crippen molar-refractivity contribution in [3.63, 3.8) is 0 Å². The monoisotopic (exact) mass is 430 g/mol. The van der Waals surface area contributed by atoms with E-state index in [-0.39, 0.29) is 24.4 Å². The molecule has 6 heteroatoms. The first-order chi connectivity index (χ1) is 15.2. The lowest BCUT2D eigenvalue weighted by molar-refractivity contribution is -0.151. The van der Waals surface area contributed by atoms with E-state index in [4.69, 9.17) is 4.74 Å². The smallest absolute Gasteiger partial charge is 0.311 e. The first-order valence-electron chi connectivity index (χ1n) is 10.5. The number of piperidine rings is 1. The molecule has 1 aromatic heterocycles. The Balaban J connectivity index is 1.26. The minimum Gasteiger partial charge on any atom is -0.458 e. The van der Waals surface area contributed by atoms with Crippen LogP contribution in [0, 0.1) is 5.92 Å². The number of carbonyl (C=O) groups excluding carboxylic acids is 2. The van der Waals surface area contributed by atoms with E-state index < -0.39 is 0 Å². The second-order valence-corrected chi connectivity index (χ2v) is 8.92. The first kappa shape index (κ1) is 19.7. The van der Waals surface area contributed by atoms with E-state index in [1.54, 1.807) is 4.90 Å². The molecule has 0 bridgehead atoms. The van der Waals surface area contributed by atoms with Crippen LogP contribution in [0.3, 0.4) is 0 Å². The van der Waals surface area contributed by atoms with Crippen molar-refractivity contribution in [2.45, 2.75) is 19.4 Å². The van der Waals surface area contributed by atoms with Crippen LogP contribution in [0.1, 0.15) is 28.2 Å². The van der Waals surface area contributed by atoms with Crippen LogP contribution in [0.2, 0.25) is 0 Å². The molecule has 3 aromatic carbocycles. The lowest BCUT2D eigenvalue weighted by Gasteiger charge is -2.31. The number of rotatable bonds is 4. The molecule has 1 fully saturated rings. The van der Waals surface area contributed by atoms with Crippen LogP contribution in [0.25, 0.3) is 21.0 Å². The van der Waals surface area contributed by atoms with E-state index in [0.29, 0.717) is 18.7 Å². The summed E-state index contributed by atoms with van der Waals surface area (Å²) in [6, 6.07) is 21.5. The maximum Gasteiger partial charge on any atom is 0.311 e. The summed E-state index contributed by atoms with van der Waals surface area (Å²) in [5.74, 6) is -0.586. The molecule has 4 aromatic rings. The summed E-state index contributed by atoms with van der Waals surface area (Å²) >= 11 is 1.54. The standard InChI is InChI=1S/C25H22N2O3S/c28-24(20-11-5-8-17-7-1-2-10-19(17)20)27-14-6-9-18(15-27)25(29)30-16-23-26-21-12-3-4-13-22(21)31-23/h1-5,7-8,10-13,18H,6,9,14-16H2. The fourth-order valence-corrected chi connectivity index (χ4v) is 5.05. The van der Waals surface area contributed by atoms with E-state index in [2.05, 4.69) is 4.98 Å². The number of hydrogen-bond acceptors (Lipinski definition) is 5. The molecule has 0 aliphatic carbocycles. The minimum absolute atomic E-state index is 0.0273. The van der Waals surface area contributed by atoms with Crippen LogP contribution in [0.4, 0.5) is 0 Å². The highest BCUT2D eigenvalue weighted by atomic mass is 32.1. The van der Waals surface area contributed by atoms with Crippen molar-refractivity contribution >= 4 is 44.2 Å². The summed E-state index contributed by atoms with van der Waals surface area (Å²) < 4.78 is 6.65. The Morgan fingerprint density at radius 1 is 1.03 bits per heavy atom. The van der Waals surface area contributed by atoms with Gasteiger partial charge >= 0.3 is 5.97 Å². The number of carbonyl (C=O) groups is 2. The Hall–Kier alpha value is -3.25. The van der Waals surface area contributed by atoms with Crippen LogP contribution in [-0.4, -0.2) is 34.8 Å². The van der Waals surface area contributed by atoms with Gasteiger partial charge in [-0.2, -0.15) is 0 Å². The molecular formula is C25H22N2O3S. The van der Waals surface area contributed by atoms with Crippen LogP contribution in [0.5, 0.6) is 0 Å². The molecule has 0 radical (unpaired) electrons. The molecule has 1 amide bonds. The van der Waals surface area contributed by atoms with E-state index in [0.717, 1.165) is 38.8 Å². The summed E-state index contributed by atoms with van der Waals surface area (Å²) in [6.45, 7) is 1.22. The maximum absolute atomic E-state index is 13.2. The Bertz CT molecular complexity index is 1230. The summed E-state index contributed by atoms with van der Waals surface area (Å²) in [4.78, 5) is 32.3. The number of hydrogen-bond donors (Lipinski definition) is 0. The molecule has 2 heterocycles. The molecule has 31 heavy (non-hydrogen) atoms. The maximum atomic E-state index is 13.2. The predicted octanol–water partition coefficient (Wildman–Crippen LogP) is 5.05. The molecule has 5 nitrogen and oxygen atoms in total. The largest absolute Gasteiger partial charge is 0.458 e. The quantitative estimate of drug-likeness (QED) is 0.425. The number of likely N-dealkylation sites (tertiary alicyclic amines) is 1. The Kier molecular flexibility index (Phi) is 5.38. The van der Waals surface area contributed by atoms with Gasteiger partial charge in [-0.1, -0.05) is 48.5 Å². The number of amides is 1. The molecular weight excluding hydrogens is 408 g/mol. The first-order valence-corrected chi connectivity index (χ1v) is 11.3. The molecule has 1 unspecified atom stereocenters. The van der Waals surface area contributed by atoms with Gasteiger partial charge in [-0.3, -0.25) is 9.59 Å². The SMILES string of the molecule is O=C(OCc1nc2ccccc2s1)C1CCCN(C(=O)c2cccc3ccccc23)C1. The number of benzene rings is 3. The van der Waals surface area contributed by atoms with Crippen molar-refractivity contribution in [1.29, 1.82) is 0 Å². The van der Waals surface area contributed by atoms with Crippen molar-refractivity contribution in [2.75, 3.05) is 13.1 Å². The topological polar surface area (TPSA) is 59.5 Å². The number of fused-ring (bicyclic) bond motifs is 2. The molecule has 1 aliphatic heterocycles. The molecule has 0 saturated carbocycles. The molecule has 1 aliphatic rings. The highest BCUT2D eigenvalue weighted by Gasteiger charge is 2.30. The Labute approximate surface area is 184 Å². The number of thiazole rings is 1. The van der Waals surface area contributed by atoms with Crippen LogP contribution in [-0.2, 0) is 16.1 Å². The number of nitrogens with zero attached hydrogens (tertiary/aromatic N) is 2. The zero-order chi connectivity index (χ0) is 21.2. The average Bonchev–Trinajstić information content (AvgIpc) is 3.25. The van der Waals surface area contributed by atoms with Crippen molar-refractivity contribution < 1.29 is 14.3 Å². The molecule has 156 valence electrons. The van der Waals surface area contributed by atoms with Gasteiger partial charge in [-0.15, -0.1) is 11.3 Å². The summed E-state index contributed by atoms with van der Waals surface area (Å²) in [5.41, 5.74) is 1.60. The second kappa shape index (κ2) is 8.47. The third kappa shape index (κ3) is 4.03. The van der Waals surface area contributed by atoms with Gasteiger partial charge in [-0.25, -0.2) is 4.98 Å². The summed E-state index contributed by atoms with van der Waals surface area (Å²) in [5, 5.41) is 2.77. The van der Waals surface area contributed by atoms with E-state index >= 15 is 0 Å². The van der Waals surface area contributed by atoms with Crippen LogP contribution < -0.4 is 0 Å². The van der Waals surface area contributed by atoms with E-state index in [9.17, 15) is 9.59 Å². The van der Waals surface area contributed by atoms with Gasteiger partial charge in [0.25, 0.3) is 5.91 Å². The lowest BCUT2D eigenvalue weighted by Crippen LogP contribution is -2.42. The van der Waals surface area contributed by atoms with Crippen molar-refractivity contribution in [3.8, 4) is 0 Å². The van der Waals surface area contributed by atoms with Crippen LogP contribution >= 0.6 is 11.3 Å². The van der Waals surface area contributed by atoms with Crippen molar-refractivity contribution in [2.24, 2.45) is 5.92 Å². The van der Waals surface area contributed by atoms with E-state index in [1.807, 2.05) is 66.7 Å². The number of ether oxygens (including phenoxy) is 1. The fraction of sp³-hybridized carbons (Fsp3) is 0.240. The van der Waals surface area contributed by atoms with E-state index in [1.165, 1.54) is 11.3 Å². The zero-order valence-electron chi connectivity index (χ0n) is 17.0. The van der Waals surface area contributed by atoms with Gasteiger partial charge in [-0.05, 0) is 41.8 Å². The third-order valence-electron chi connectivity index (χ3n) is 5.74. The molecule has 0 spiro atoms. The number of aromatic nitrogens is 1. The molecule has 1 atom stereocenters. The van der Waals surface area contributed by atoms with Gasteiger partial charge in [0.05, 0.1) is 16.1 Å². The Morgan fingerprint density at radius 3 is 2.74 bits per heavy atom. The number of para-hydroxylation sites is 1. The minimum atomic E-state index is -0.304. The van der Waals surface area contributed by atoms with Gasteiger partial charge in [0.2, 0.25) is 0 Å². The highest BCUT2D eigenvalue weighted by molar-refractivity contribution is 7.18. The van der Waals surface area contributed by atoms with Gasteiger partial charge < -0.3 is 9.64 Å². The normalized spacial score (nSPS) is 16.5. The number of esters is 1.